The van der Waals surface area contributed by atoms with Crippen molar-refractivity contribution in [3.8, 4) is 5.75 Å². The maximum atomic E-state index is 5.13. The van der Waals surface area contributed by atoms with Crippen molar-refractivity contribution in [2.24, 2.45) is 5.92 Å². The Morgan fingerprint density at radius 1 is 1.13 bits per heavy atom. The van der Waals surface area contributed by atoms with Gasteiger partial charge in [-0.15, -0.1) is 0 Å². The lowest BCUT2D eigenvalue weighted by Gasteiger charge is -2.29. The van der Waals surface area contributed by atoms with E-state index in [1.165, 1.54) is 5.56 Å². The molecule has 0 radical (unpaired) electrons. The second-order valence-corrected chi connectivity index (χ2v) is 4.13. The number of methoxy groups -OCH3 is 1. The molecule has 1 fully saturated rings. The molecule has 15 heavy (non-hydrogen) atoms. The van der Waals surface area contributed by atoms with Crippen molar-refractivity contribution < 1.29 is 4.74 Å². The summed E-state index contributed by atoms with van der Waals surface area (Å²) in [7, 11) is 1.69. The van der Waals surface area contributed by atoms with Crippen LogP contribution in [-0.2, 0) is 0 Å². The number of hydrogen-bond acceptors (Lipinski definition) is 3. The molecule has 0 aliphatic carbocycles. The van der Waals surface area contributed by atoms with Crippen LogP contribution in [0, 0.1) is 5.92 Å². The second kappa shape index (κ2) is 4.64. The lowest BCUT2D eigenvalue weighted by Crippen LogP contribution is -2.45. The summed E-state index contributed by atoms with van der Waals surface area (Å²) >= 11 is 0. The summed E-state index contributed by atoms with van der Waals surface area (Å²) in [4.78, 5) is 0. The molecular formula is C12H18N2O. The Morgan fingerprint density at radius 3 is 2.27 bits per heavy atom. The van der Waals surface area contributed by atoms with Crippen LogP contribution in [-0.4, -0.2) is 20.2 Å². The van der Waals surface area contributed by atoms with Gasteiger partial charge in [-0.3, -0.25) is 10.6 Å². The third-order valence-corrected chi connectivity index (χ3v) is 2.79. The zero-order valence-electron chi connectivity index (χ0n) is 9.29. The van der Waals surface area contributed by atoms with Crippen LogP contribution in [0.4, 0.5) is 0 Å². The highest BCUT2D eigenvalue weighted by Gasteiger charge is 2.17. The number of ether oxygens (including phenoxy) is 1. The van der Waals surface area contributed by atoms with Gasteiger partial charge in [0.1, 0.15) is 5.75 Å². The number of hydrogen-bond donors (Lipinski definition) is 2. The molecule has 1 aliphatic rings. The second-order valence-electron chi connectivity index (χ2n) is 4.13. The van der Waals surface area contributed by atoms with Gasteiger partial charge in [0.05, 0.1) is 13.3 Å². The van der Waals surface area contributed by atoms with Crippen LogP contribution in [0.2, 0.25) is 0 Å². The van der Waals surface area contributed by atoms with Gasteiger partial charge in [0, 0.05) is 13.1 Å². The van der Waals surface area contributed by atoms with Crippen LogP contribution in [0.1, 0.15) is 18.7 Å². The van der Waals surface area contributed by atoms with Crippen LogP contribution in [0.3, 0.4) is 0 Å². The molecule has 2 rings (SSSR count). The normalized spacial score (nSPS) is 26.3. The molecule has 3 heteroatoms. The van der Waals surface area contributed by atoms with Gasteiger partial charge < -0.3 is 4.74 Å². The maximum absolute atomic E-state index is 5.13. The molecule has 1 aromatic rings. The van der Waals surface area contributed by atoms with Crippen molar-refractivity contribution in [2.45, 2.75) is 13.1 Å². The van der Waals surface area contributed by atoms with E-state index in [4.69, 9.17) is 4.74 Å². The van der Waals surface area contributed by atoms with E-state index in [2.05, 4.69) is 29.7 Å². The average molecular weight is 206 g/mol. The fourth-order valence-corrected chi connectivity index (χ4v) is 1.81. The fourth-order valence-electron chi connectivity index (χ4n) is 1.81. The summed E-state index contributed by atoms with van der Waals surface area (Å²) in [5.41, 5.74) is 1.27. The van der Waals surface area contributed by atoms with Crippen molar-refractivity contribution in [2.75, 3.05) is 20.2 Å². The lowest BCUT2D eigenvalue weighted by atomic mass is 10.1. The van der Waals surface area contributed by atoms with E-state index in [-0.39, 0.29) is 6.17 Å². The zero-order chi connectivity index (χ0) is 10.7. The first-order chi connectivity index (χ1) is 7.29. The van der Waals surface area contributed by atoms with Gasteiger partial charge in [-0.1, -0.05) is 19.1 Å². The summed E-state index contributed by atoms with van der Waals surface area (Å²) in [6.45, 7) is 4.39. The number of rotatable bonds is 2. The van der Waals surface area contributed by atoms with E-state index in [1.807, 2.05) is 12.1 Å². The van der Waals surface area contributed by atoms with Gasteiger partial charge in [-0.05, 0) is 23.6 Å². The van der Waals surface area contributed by atoms with Crippen LogP contribution >= 0.6 is 0 Å². The van der Waals surface area contributed by atoms with Crippen LogP contribution in [0.25, 0.3) is 0 Å². The SMILES string of the molecule is COc1ccc(C2NCC(C)CN2)cc1. The quantitative estimate of drug-likeness (QED) is 0.769. The van der Waals surface area contributed by atoms with Crippen LogP contribution < -0.4 is 15.4 Å². The molecule has 0 atom stereocenters. The summed E-state index contributed by atoms with van der Waals surface area (Å²) in [5.74, 6) is 1.61. The average Bonchev–Trinajstić information content (AvgIpc) is 2.30. The molecule has 2 N–H and O–H groups in total. The van der Waals surface area contributed by atoms with E-state index in [0.29, 0.717) is 5.92 Å². The minimum atomic E-state index is 0.284. The Morgan fingerprint density at radius 2 is 1.73 bits per heavy atom. The zero-order valence-corrected chi connectivity index (χ0v) is 9.29. The highest BCUT2D eigenvalue weighted by Crippen LogP contribution is 2.18. The third kappa shape index (κ3) is 2.49. The Hall–Kier alpha value is -1.06. The van der Waals surface area contributed by atoms with Crippen LogP contribution in [0.5, 0.6) is 5.75 Å². The third-order valence-electron chi connectivity index (χ3n) is 2.79. The van der Waals surface area contributed by atoms with Crippen molar-refractivity contribution >= 4 is 0 Å². The van der Waals surface area contributed by atoms with Gasteiger partial charge in [0.25, 0.3) is 0 Å². The van der Waals surface area contributed by atoms with Gasteiger partial charge in [0.15, 0.2) is 0 Å². The lowest BCUT2D eigenvalue weighted by molar-refractivity contribution is 0.314. The highest BCUT2D eigenvalue weighted by molar-refractivity contribution is 5.29. The van der Waals surface area contributed by atoms with E-state index in [0.717, 1.165) is 18.8 Å². The monoisotopic (exact) mass is 206 g/mol. The van der Waals surface area contributed by atoms with Crippen molar-refractivity contribution in [3.05, 3.63) is 29.8 Å². The van der Waals surface area contributed by atoms with E-state index in [1.54, 1.807) is 7.11 Å². The van der Waals surface area contributed by atoms with Gasteiger partial charge in [0.2, 0.25) is 0 Å². The molecule has 1 aromatic carbocycles. The summed E-state index contributed by atoms with van der Waals surface area (Å²) < 4.78 is 5.13. The van der Waals surface area contributed by atoms with Gasteiger partial charge in [-0.2, -0.15) is 0 Å². The number of nitrogens with one attached hydrogen (secondary N) is 2. The fraction of sp³-hybridized carbons (Fsp3) is 0.500. The van der Waals surface area contributed by atoms with Crippen molar-refractivity contribution in [3.63, 3.8) is 0 Å². The topological polar surface area (TPSA) is 33.3 Å². The molecule has 1 saturated heterocycles. The van der Waals surface area contributed by atoms with Crippen molar-refractivity contribution in [1.82, 2.24) is 10.6 Å². The minimum absolute atomic E-state index is 0.284. The smallest absolute Gasteiger partial charge is 0.118 e. The molecule has 3 nitrogen and oxygen atoms in total. The molecule has 1 heterocycles. The molecule has 82 valence electrons. The van der Waals surface area contributed by atoms with E-state index >= 15 is 0 Å². The first kappa shape index (κ1) is 10.5. The summed E-state index contributed by atoms with van der Waals surface area (Å²) in [6, 6.07) is 8.19. The Kier molecular flexibility index (Phi) is 3.23. The summed E-state index contributed by atoms with van der Waals surface area (Å²) in [5, 5.41) is 6.94. The Bertz CT molecular complexity index is 302. The number of benzene rings is 1. The van der Waals surface area contributed by atoms with Crippen molar-refractivity contribution in [1.29, 1.82) is 0 Å². The van der Waals surface area contributed by atoms with E-state index in [9.17, 15) is 0 Å². The predicted octanol–water partition coefficient (Wildman–Crippen LogP) is 1.52. The first-order valence-electron chi connectivity index (χ1n) is 5.40. The standard InChI is InChI=1S/C12H18N2O/c1-9-7-13-12(14-8-9)10-3-5-11(15-2)6-4-10/h3-6,9,12-14H,7-8H2,1-2H3. The largest absolute Gasteiger partial charge is 0.497 e. The molecule has 0 aromatic heterocycles. The molecule has 0 bridgehead atoms. The molecule has 0 saturated carbocycles. The minimum Gasteiger partial charge on any atom is -0.497 e. The van der Waals surface area contributed by atoms with Gasteiger partial charge in [-0.25, -0.2) is 0 Å². The molecule has 0 amide bonds. The predicted molar refractivity (Wildman–Crippen MR) is 60.9 cm³/mol. The molecule has 0 spiro atoms. The maximum Gasteiger partial charge on any atom is 0.118 e. The highest BCUT2D eigenvalue weighted by atomic mass is 16.5. The molecule has 0 unspecified atom stereocenters. The Balaban J connectivity index is 2.03. The molecular weight excluding hydrogens is 188 g/mol. The van der Waals surface area contributed by atoms with Gasteiger partial charge >= 0.3 is 0 Å². The summed E-state index contributed by atoms with van der Waals surface area (Å²) in [6.07, 6.45) is 0.284. The van der Waals surface area contributed by atoms with Crippen LogP contribution in [0.15, 0.2) is 24.3 Å². The Labute approximate surface area is 90.8 Å². The first-order valence-corrected chi connectivity index (χ1v) is 5.40. The molecule has 1 aliphatic heterocycles. The van der Waals surface area contributed by atoms with E-state index < -0.39 is 0 Å².